The first-order chi connectivity index (χ1) is 13.2. The van der Waals surface area contributed by atoms with E-state index in [4.69, 9.17) is 14.9 Å². The number of allylic oxidation sites excluding steroid dienone is 6. The molecule has 0 spiro atoms. The summed E-state index contributed by atoms with van der Waals surface area (Å²) in [6.07, 6.45) is 25.2. The van der Waals surface area contributed by atoms with E-state index in [1.54, 1.807) is 0 Å². The second-order valence-corrected chi connectivity index (χ2v) is 6.85. The first-order valence-corrected chi connectivity index (χ1v) is 10.6. The van der Waals surface area contributed by atoms with Crippen molar-refractivity contribution < 1.29 is 19.7 Å². The third-order valence-corrected chi connectivity index (χ3v) is 4.17. The van der Waals surface area contributed by atoms with Crippen LogP contribution in [0.25, 0.3) is 0 Å². The van der Waals surface area contributed by atoms with Crippen molar-refractivity contribution in [2.24, 2.45) is 0 Å². The number of rotatable bonds is 18. The van der Waals surface area contributed by atoms with Gasteiger partial charge in [-0.3, -0.25) is 4.79 Å². The van der Waals surface area contributed by atoms with Gasteiger partial charge in [0, 0.05) is 6.42 Å². The number of aliphatic hydroxyl groups excluding tert-OH is 2. The van der Waals surface area contributed by atoms with Crippen molar-refractivity contribution >= 4 is 5.97 Å². The number of hydrogen-bond acceptors (Lipinski definition) is 4. The van der Waals surface area contributed by atoms with Crippen molar-refractivity contribution in [3.05, 3.63) is 36.5 Å². The molecule has 0 aromatic carbocycles. The van der Waals surface area contributed by atoms with Gasteiger partial charge in [0.15, 0.2) is 0 Å². The van der Waals surface area contributed by atoms with Crippen LogP contribution in [-0.2, 0) is 9.53 Å². The monoisotopic (exact) mass is 380 g/mol. The molecule has 2 N–H and O–H groups in total. The second-order valence-electron chi connectivity index (χ2n) is 6.85. The van der Waals surface area contributed by atoms with Gasteiger partial charge in [-0.05, 0) is 38.5 Å². The molecule has 0 aromatic rings. The van der Waals surface area contributed by atoms with Gasteiger partial charge in [0.25, 0.3) is 0 Å². The third kappa shape index (κ3) is 20.8. The Labute approximate surface area is 166 Å². The van der Waals surface area contributed by atoms with Gasteiger partial charge in [0.1, 0.15) is 12.7 Å². The fourth-order valence-electron chi connectivity index (χ4n) is 2.50. The number of carbonyl (C=O) groups excluding carboxylic acids is 1. The first-order valence-electron chi connectivity index (χ1n) is 10.6. The molecule has 4 nitrogen and oxygen atoms in total. The third-order valence-electron chi connectivity index (χ3n) is 4.17. The number of carbonyl (C=O) groups is 1. The molecule has 1 atom stereocenters. The van der Waals surface area contributed by atoms with Crippen LogP contribution in [0, 0.1) is 0 Å². The van der Waals surface area contributed by atoms with Crippen molar-refractivity contribution in [1.29, 1.82) is 0 Å². The lowest BCUT2D eigenvalue weighted by molar-refractivity contribution is -0.147. The minimum atomic E-state index is -0.981. The minimum Gasteiger partial charge on any atom is -0.463 e. The summed E-state index contributed by atoms with van der Waals surface area (Å²) >= 11 is 0. The number of aliphatic hydroxyl groups is 2. The average Bonchev–Trinajstić information content (AvgIpc) is 2.68. The van der Waals surface area contributed by atoms with E-state index in [2.05, 4.69) is 43.4 Å². The second kappa shape index (κ2) is 20.9. The van der Waals surface area contributed by atoms with E-state index in [9.17, 15) is 4.79 Å². The molecule has 0 aromatic heterocycles. The first kappa shape index (κ1) is 25.6. The lowest BCUT2D eigenvalue weighted by Gasteiger charge is -2.07. The Morgan fingerprint density at radius 3 is 2.04 bits per heavy atom. The number of unbranched alkanes of at least 4 members (excludes halogenated alkanes) is 7. The van der Waals surface area contributed by atoms with Crippen LogP contribution in [0.1, 0.15) is 84.0 Å². The van der Waals surface area contributed by atoms with Crippen molar-refractivity contribution in [3.63, 3.8) is 0 Å². The van der Waals surface area contributed by atoms with Gasteiger partial charge in [-0.25, -0.2) is 0 Å². The van der Waals surface area contributed by atoms with Crippen LogP contribution in [-0.4, -0.2) is 35.5 Å². The summed E-state index contributed by atoms with van der Waals surface area (Å²) in [7, 11) is 0. The van der Waals surface area contributed by atoms with Gasteiger partial charge in [-0.2, -0.15) is 0 Å². The zero-order chi connectivity index (χ0) is 20.0. The average molecular weight is 381 g/mol. The topological polar surface area (TPSA) is 66.8 Å². The maximum absolute atomic E-state index is 11.4. The molecule has 0 heterocycles. The molecular weight excluding hydrogens is 340 g/mol. The Balaban J connectivity index is 3.42. The van der Waals surface area contributed by atoms with Crippen LogP contribution in [0.2, 0.25) is 0 Å². The highest BCUT2D eigenvalue weighted by Crippen LogP contribution is 2.07. The van der Waals surface area contributed by atoms with Crippen molar-refractivity contribution in [2.45, 2.75) is 90.1 Å². The molecule has 0 radical (unpaired) electrons. The number of esters is 1. The highest BCUT2D eigenvalue weighted by atomic mass is 16.5. The van der Waals surface area contributed by atoms with E-state index in [-0.39, 0.29) is 12.6 Å². The zero-order valence-electron chi connectivity index (χ0n) is 17.2. The smallest absolute Gasteiger partial charge is 0.305 e. The Bertz CT molecular complexity index is 413. The molecule has 0 aliphatic rings. The van der Waals surface area contributed by atoms with Crippen LogP contribution in [0.15, 0.2) is 36.5 Å². The molecule has 0 fully saturated rings. The van der Waals surface area contributed by atoms with E-state index in [1.165, 1.54) is 44.9 Å². The fraction of sp³-hybridized carbons (Fsp3) is 0.696. The highest BCUT2D eigenvalue weighted by molar-refractivity contribution is 5.69. The normalized spacial score (nSPS) is 13.1. The predicted molar refractivity (Wildman–Crippen MR) is 113 cm³/mol. The number of hydrogen-bond donors (Lipinski definition) is 2. The molecule has 4 heteroatoms. The van der Waals surface area contributed by atoms with Crippen LogP contribution < -0.4 is 0 Å². The summed E-state index contributed by atoms with van der Waals surface area (Å²) in [5, 5.41) is 17.7. The molecule has 0 aliphatic carbocycles. The molecule has 0 bridgehead atoms. The van der Waals surface area contributed by atoms with Crippen LogP contribution in [0.4, 0.5) is 0 Å². The van der Waals surface area contributed by atoms with Gasteiger partial charge in [-0.15, -0.1) is 0 Å². The van der Waals surface area contributed by atoms with Gasteiger partial charge < -0.3 is 14.9 Å². The quantitative estimate of drug-likeness (QED) is 0.193. The summed E-state index contributed by atoms with van der Waals surface area (Å²) in [6, 6.07) is 0. The molecule has 0 amide bonds. The van der Waals surface area contributed by atoms with Crippen LogP contribution in [0.5, 0.6) is 0 Å². The molecule has 27 heavy (non-hydrogen) atoms. The minimum absolute atomic E-state index is 0.136. The van der Waals surface area contributed by atoms with Gasteiger partial charge in [-0.1, -0.05) is 75.5 Å². The van der Waals surface area contributed by atoms with Crippen LogP contribution >= 0.6 is 0 Å². The standard InChI is InChI=1S/C23H40O4/c1-2-3-4-5-6-7-8-9-10-11-12-13-14-15-16-17-18-19-23(26)27-21-22(25)20-24/h9-10,12-13,15-16,22,24-25H,2-8,11,14,17-21H2,1H3/b10-9+,13-12+,16-15+/t22-/m0/s1. The summed E-state index contributed by atoms with van der Waals surface area (Å²) in [5.41, 5.74) is 0. The molecule has 0 saturated heterocycles. The van der Waals surface area contributed by atoms with E-state index < -0.39 is 12.7 Å². The van der Waals surface area contributed by atoms with Crippen molar-refractivity contribution in [1.82, 2.24) is 0 Å². The molecule has 0 saturated carbocycles. The van der Waals surface area contributed by atoms with Crippen molar-refractivity contribution in [3.8, 4) is 0 Å². The fourth-order valence-corrected chi connectivity index (χ4v) is 2.50. The van der Waals surface area contributed by atoms with Gasteiger partial charge >= 0.3 is 5.97 Å². The highest BCUT2D eigenvalue weighted by Gasteiger charge is 2.06. The summed E-state index contributed by atoms with van der Waals surface area (Å²) in [5.74, 6) is -0.330. The Hall–Kier alpha value is -1.39. The summed E-state index contributed by atoms with van der Waals surface area (Å²) in [6.45, 7) is 1.72. The van der Waals surface area contributed by atoms with Gasteiger partial charge in [0.2, 0.25) is 0 Å². The van der Waals surface area contributed by atoms with Gasteiger partial charge in [0.05, 0.1) is 6.61 Å². The largest absolute Gasteiger partial charge is 0.463 e. The lowest BCUT2D eigenvalue weighted by atomic mass is 10.1. The zero-order valence-corrected chi connectivity index (χ0v) is 17.2. The summed E-state index contributed by atoms with van der Waals surface area (Å²) in [4.78, 5) is 11.4. The maximum atomic E-state index is 11.4. The SMILES string of the molecule is CCCCCCCC/C=C/C/C=C/C/C=C/CCCC(=O)OC[C@@H](O)CO. The molecular formula is C23H40O4. The molecule has 0 aliphatic heterocycles. The Morgan fingerprint density at radius 2 is 1.41 bits per heavy atom. The maximum Gasteiger partial charge on any atom is 0.305 e. The predicted octanol–water partition coefficient (Wildman–Crippen LogP) is 5.25. The van der Waals surface area contributed by atoms with Crippen molar-refractivity contribution in [2.75, 3.05) is 13.2 Å². The molecule has 0 unspecified atom stereocenters. The Morgan fingerprint density at radius 1 is 0.852 bits per heavy atom. The molecule has 0 rings (SSSR count). The van der Waals surface area contributed by atoms with Crippen LogP contribution in [0.3, 0.4) is 0 Å². The Kier molecular flexibility index (Phi) is 19.8. The number of ether oxygens (including phenoxy) is 1. The van der Waals surface area contributed by atoms with E-state index in [1.807, 2.05) is 0 Å². The van der Waals surface area contributed by atoms with E-state index in [0.717, 1.165) is 25.7 Å². The van der Waals surface area contributed by atoms with E-state index in [0.29, 0.717) is 6.42 Å². The van der Waals surface area contributed by atoms with E-state index >= 15 is 0 Å². The summed E-state index contributed by atoms with van der Waals surface area (Å²) < 4.78 is 4.83. The lowest BCUT2D eigenvalue weighted by Crippen LogP contribution is -2.21. The molecule has 156 valence electrons.